The van der Waals surface area contributed by atoms with Crippen LogP contribution in [0.3, 0.4) is 0 Å². The summed E-state index contributed by atoms with van der Waals surface area (Å²) in [6.45, 7) is 6.65. The van der Waals surface area contributed by atoms with Gasteiger partial charge in [0.2, 0.25) is 0 Å². The molecule has 0 heterocycles. The zero-order valence-electron chi connectivity index (χ0n) is 21.2. The van der Waals surface area contributed by atoms with Crippen molar-refractivity contribution in [1.82, 2.24) is 4.90 Å². The monoisotopic (exact) mass is 443 g/mol. The first-order valence-corrected chi connectivity index (χ1v) is 13.8. The van der Waals surface area contributed by atoms with Crippen molar-refractivity contribution in [3.05, 3.63) is 0 Å². The minimum atomic E-state index is -0.325. The predicted molar refractivity (Wildman–Crippen MR) is 135 cm³/mol. The molecule has 0 aliphatic heterocycles. The normalized spacial score (nSPS) is 13.7. The van der Waals surface area contributed by atoms with E-state index in [4.69, 9.17) is 0 Å². The molecular weight excluding hydrogens is 386 g/mol. The number of unbranched alkanes of at least 4 members (excludes halogenated alkanes) is 14. The first-order valence-electron chi connectivity index (χ1n) is 13.8. The van der Waals surface area contributed by atoms with Crippen LogP contribution in [0.1, 0.15) is 136 Å². The summed E-state index contributed by atoms with van der Waals surface area (Å²) in [6.07, 6.45) is 22.3. The van der Waals surface area contributed by atoms with Gasteiger partial charge in [0.25, 0.3) is 0 Å². The van der Waals surface area contributed by atoms with E-state index in [2.05, 4.69) is 18.7 Å². The lowest BCUT2D eigenvalue weighted by atomic mass is 10.0. The van der Waals surface area contributed by atoms with E-state index in [-0.39, 0.29) is 18.8 Å². The molecular formula is C27H57NO3. The van der Waals surface area contributed by atoms with Gasteiger partial charge in [-0.05, 0) is 19.3 Å². The molecule has 0 aromatic rings. The molecule has 31 heavy (non-hydrogen) atoms. The molecule has 0 aliphatic rings. The third kappa shape index (κ3) is 22.8. The first-order chi connectivity index (χ1) is 15.1. The van der Waals surface area contributed by atoms with Gasteiger partial charge in [-0.2, -0.15) is 0 Å². The van der Waals surface area contributed by atoms with Gasteiger partial charge in [-0.15, -0.1) is 0 Å². The molecule has 2 unspecified atom stereocenters. The van der Waals surface area contributed by atoms with Gasteiger partial charge in [0, 0.05) is 26.2 Å². The lowest BCUT2D eigenvalue weighted by molar-refractivity contribution is 0.0573. The van der Waals surface area contributed by atoms with Gasteiger partial charge in [-0.1, -0.05) is 117 Å². The van der Waals surface area contributed by atoms with E-state index < -0.39 is 0 Å². The molecule has 0 aromatic carbocycles. The molecule has 0 saturated heterocycles. The van der Waals surface area contributed by atoms with Crippen molar-refractivity contribution in [2.45, 2.75) is 148 Å². The van der Waals surface area contributed by atoms with Crippen LogP contribution in [0, 0.1) is 0 Å². The lowest BCUT2D eigenvalue weighted by Crippen LogP contribution is -2.39. The Morgan fingerprint density at radius 3 is 1.23 bits per heavy atom. The fourth-order valence-electron chi connectivity index (χ4n) is 4.36. The van der Waals surface area contributed by atoms with Gasteiger partial charge in [-0.3, -0.25) is 4.90 Å². The Morgan fingerprint density at radius 1 is 0.516 bits per heavy atom. The number of aliphatic hydroxyl groups excluding tert-OH is 3. The summed E-state index contributed by atoms with van der Waals surface area (Å²) in [6, 6.07) is 0. The van der Waals surface area contributed by atoms with Crippen molar-refractivity contribution in [2.24, 2.45) is 0 Å². The molecule has 0 bridgehead atoms. The zero-order valence-corrected chi connectivity index (χ0v) is 21.2. The molecule has 4 heteroatoms. The van der Waals surface area contributed by atoms with E-state index >= 15 is 0 Å². The maximum Gasteiger partial charge on any atom is 0.0667 e. The Labute approximate surface area is 194 Å². The quantitative estimate of drug-likeness (QED) is 0.142. The van der Waals surface area contributed by atoms with Gasteiger partial charge in [-0.25, -0.2) is 0 Å². The molecule has 0 rings (SSSR count). The molecule has 2 atom stereocenters. The zero-order chi connectivity index (χ0) is 23.0. The Balaban J connectivity index is 3.88. The van der Waals surface area contributed by atoms with Crippen LogP contribution < -0.4 is 0 Å². The molecule has 0 fully saturated rings. The van der Waals surface area contributed by atoms with Crippen LogP contribution in [-0.4, -0.2) is 58.7 Å². The van der Waals surface area contributed by atoms with Crippen molar-refractivity contribution in [3.63, 3.8) is 0 Å². The fraction of sp³-hybridized carbons (Fsp3) is 1.00. The molecule has 0 saturated carbocycles. The van der Waals surface area contributed by atoms with E-state index in [0.717, 1.165) is 32.2 Å². The molecule has 0 aliphatic carbocycles. The minimum Gasteiger partial charge on any atom is -0.396 e. The summed E-state index contributed by atoms with van der Waals surface area (Å²) >= 11 is 0. The minimum absolute atomic E-state index is 0.165. The number of hydrogen-bond acceptors (Lipinski definition) is 4. The fourth-order valence-corrected chi connectivity index (χ4v) is 4.36. The topological polar surface area (TPSA) is 63.9 Å². The van der Waals surface area contributed by atoms with E-state index in [0.29, 0.717) is 19.5 Å². The van der Waals surface area contributed by atoms with Crippen molar-refractivity contribution in [2.75, 3.05) is 26.2 Å². The van der Waals surface area contributed by atoms with Gasteiger partial charge >= 0.3 is 0 Å². The highest BCUT2D eigenvalue weighted by Crippen LogP contribution is 2.13. The highest BCUT2D eigenvalue weighted by Gasteiger charge is 2.15. The van der Waals surface area contributed by atoms with Gasteiger partial charge < -0.3 is 15.3 Å². The van der Waals surface area contributed by atoms with Crippen LogP contribution in [0.15, 0.2) is 0 Å². The second-order valence-electron chi connectivity index (χ2n) is 9.67. The van der Waals surface area contributed by atoms with Crippen LogP contribution >= 0.6 is 0 Å². The standard InChI is InChI=1S/C27H57NO3/c1-3-5-7-9-11-13-15-17-20-26(30)24-28(22-19-23-29)25-27(31)21-18-16-14-12-10-8-6-4-2/h26-27,29-31H,3-25H2,1-2H3. The predicted octanol–water partition coefficient (Wildman–Crippen LogP) is 6.45. The number of aliphatic hydroxyl groups is 3. The summed E-state index contributed by atoms with van der Waals surface area (Å²) in [4.78, 5) is 2.15. The molecule has 0 aromatic heterocycles. The van der Waals surface area contributed by atoms with Crippen molar-refractivity contribution in [1.29, 1.82) is 0 Å². The third-order valence-corrected chi connectivity index (χ3v) is 6.35. The summed E-state index contributed by atoms with van der Waals surface area (Å²) in [5.41, 5.74) is 0. The lowest BCUT2D eigenvalue weighted by Gasteiger charge is -2.27. The van der Waals surface area contributed by atoms with Crippen LogP contribution in [0.25, 0.3) is 0 Å². The molecule has 4 nitrogen and oxygen atoms in total. The second kappa shape index (κ2) is 24.5. The molecule has 3 N–H and O–H groups in total. The largest absolute Gasteiger partial charge is 0.396 e. The Kier molecular flexibility index (Phi) is 24.4. The Morgan fingerprint density at radius 2 is 0.871 bits per heavy atom. The maximum absolute atomic E-state index is 10.5. The number of hydrogen-bond donors (Lipinski definition) is 3. The second-order valence-corrected chi connectivity index (χ2v) is 9.67. The average Bonchev–Trinajstić information content (AvgIpc) is 2.75. The van der Waals surface area contributed by atoms with Crippen molar-refractivity contribution >= 4 is 0 Å². The maximum atomic E-state index is 10.5. The van der Waals surface area contributed by atoms with Gasteiger partial charge in [0.15, 0.2) is 0 Å². The molecule has 0 spiro atoms. The van der Waals surface area contributed by atoms with Gasteiger partial charge in [0.1, 0.15) is 0 Å². The van der Waals surface area contributed by atoms with Crippen molar-refractivity contribution < 1.29 is 15.3 Å². The third-order valence-electron chi connectivity index (χ3n) is 6.35. The van der Waals surface area contributed by atoms with Crippen LogP contribution in [0.2, 0.25) is 0 Å². The molecule has 0 radical (unpaired) electrons. The summed E-state index contributed by atoms with van der Waals surface area (Å²) < 4.78 is 0. The van der Waals surface area contributed by atoms with Gasteiger partial charge in [0.05, 0.1) is 12.2 Å². The summed E-state index contributed by atoms with van der Waals surface area (Å²) in [5.74, 6) is 0. The first kappa shape index (κ1) is 30.8. The Hall–Kier alpha value is -0.160. The Bertz CT molecular complexity index is 312. The highest BCUT2D eigenvalue weighted by molar-refractivity contribution is 4.70. The molecule has 188 valence electrons. The summed E-state index contributed by atoms with van der Waals surface area (Å²) in [7, 11) is 0. The highest BCUT2D eigenvalue weighted by atomic mass is 16.3. The van der Waals surface area contributed by atoms with Crippen molar-refractivity contribution in [3.8, 4) is 0 Å². The van der Waals surface area contributed by atoms with Crippen LogP contribution in [-0.2, 0) is 0 Å². The number of nitrogens with zero attached hydrogens (tertiary/aromatic N) is 1. The van der Waals surface area contributed by atoms with E-state index in [1.807, 2.05) is 0 Å². The SMILES string of the molecule is CCCCCCCCCCC(O)CN(CCCO)CC(O)CCCCCCCCCC. The summed E-state index contributed by atoms with van der Waals surface area (Å²) in [5, 5.41) is 30.1. The van der Waals surface area contributed by atoms with E-state index in [1.165, 1.54) is 89.9 Å². The van der Waals surface area contributed by atoms with Crippen LogP contribution in [0.4, 0.5) is 0 Å². The van der Waals surface area contributed by atoms with E-state index in [1.54, 1.807) is 0 Å². The molecule has 0 amide bonds. The van der Waals surface area contributed by atoms with E-state index in [9.17, 15) is 15.3 Å². The number of rotatable bonds is 25. The average molecular weight is 444 g/mol. The van der Waals surface area contributed by atoms with Crippen LogP contribution in [0.5, 0.6) is 0 Å². The smallest absolute Gasteiger partial charge is 0.0667 e.